The molecule has 0 saturated carbocycles. The van der Waals surface area contributed by atoms with Crippen LogP contribution in [0.3, 0.4) is 0 Å². The van der Waals surface area contributed by atoms with Crippen molar-refractivity contribution in [2.24, 2.45) is 0 Å². The van der Waals surface area contributed by atoms with Gasteiger partial charge in [-0.1, -0.05) is 30.3 Å². The fraction of sp³-hybridized carbons (Fsp3) is 0.217. The first-order valence-corrected chi connectivity index (χ1v) is 10.1. The van der Waals surface area contributed by atoms with Gasteiger partial charge in [0.25, 0.3) is 0 Å². The number of nitrogens with one attached hydrogen (secondary N) is 2. The smallest absolute Gasteiger partial charge is 0.248 e. The molecule has 2 aromatic rings. The summed E-state index contributed by atoms with van der Waals surface area (Å²) in [5, 5.41) is 6.03. The van der Waals surface area contributed by atoms with Crippen molar-refractivity contribution in [2.75, 3.05) is 43.6 Å². The summed E-state index contributed by atoms with van der Waals surface area (Å²) in [5.74, 6) is 0.831. The Labute approximate surface area is 186 Å². The highest BCUT2D eigenvalue weighted by Gasteiger charge is 2.18. The molecule has 8 heteroatoms. The van der Waals surface area contributed by atoms with E-state index in [1.54, 1.807) is 49.6 Å². The SMILES string of the molecule is C=CCOc1ccc(C=CC(=O)Nc2ccc(N3CCNC(=O)C3)c(Cl)c2)cc1OC. The van der Waals surface area contributed by atoms with Gasteiger partial charge < -0.3 is 25.0 Å². The van der Waals surface area contributed by atoms with Gasteiger partial charge in [0.05, 0.1) is 24.4 Å². The zero-order chi connectivity index (χ0) is 22.2. The first-order valence-electron chi connectivity index (χ1n) is 9.72. The molecule has 7 nitrogen and oxygen atoms in total. The number of benzene rings is 2. The molecule has 1 saturated heterocycles. The van der Waals surface area contributed by atoms with Crippen LogP contribution < -0.4 is 25.0 Å². The van der Waals surface area contributed by atoms with E-state index in [1.165, 1.54) is 6.08 Å². The van der Waals surface area contributed by atoms with Gasteiger partial charge in [-0.05, 0) is 42.0 Å². The van der Waals surface area contributed by atoms with Crippen LogP contribution in [0.4, 0.5) is 11.4 Å². The molecule has 0 spiro atoms. The fourth-order valence-electron chi connectivity index (χ4n) is 3.10. The van der Waals surface area contributed by atoms with E-state index in [2.05, 4.69) is 17.2 Å². The van der Waals surface area contributed by atoms with Crippen molar-refractivity contribution in [3.8, 4) is 11.5 Å². The third-order valence-corrected chi connectivity index (χ3v) is 4.87. The van der Waals surface area contributed by atoms with E-state index in [0.29, 0.717) is 41.9 Å². The van der Waals surface area contributed by atoms with Gasteiger partial charge in [0, 0.05) is 24.9 Å². The van der Waals surface area contributed by atoms with Gasteiger partial charge in [0.1, 0.15) is 6.61 Å². The maximum absolute atomic E-state index is 12.3. The Hall–Kier alpha value is -3.45. The number of piperazine rings is 1. The molecule has 1 aliphatic rings. The lowest BCUT2D eigenvalue weighted by atomic mass is 10.2. The van der Waals surface area contributed by atoms with Gasteiger partial charge in [-0.15, -0.1) is 0 Å². The Kier molecular flexibility index (Phi) is 7.56. The summed E-state index contributed by atoms with van der Waals surface area (Å²) in [6, 6.07) is 10.6. The van der Waals surface area contributed by atoms with Gasteiger partial charge in [-0.25, -0.2) is 0 Å². The molecule has 0 bridgehead atoms. The molecule has 3 rings (SSSR count). The quantitative estimate of drug-likeness (QED) is 0.484. The van der Waals surface area contributed by atoms with Gasteiger partial charge in [-0.3, -0.25) is 9.59 Å². The van der Waals surface area contributed by atoms with E-state index in [4.69, 9.17) is 21.1 Å². The van der Waals surface area contributed by atoms with Gasteiger partial charge in [0.15, 0.2) is 11.5 Å². The standard InChI is InChI=1S/C23H24ClN3O4/c1-3-12-31-20-8-4-16(13-21(20)30-2)5-9-22(28)26-17-6-7-19(18(24)14-17)27-11-10-25-23(29)15-27/h3-9,13-14H,1,10-12,15H2,2H3,(H,25,29)(H,26,28). The molecule has 1 aliphatic heterocycles. The van der Waals surface area contributed by atoms with Crippen molar-refractivity contribution in [3.05, 3.63) is 65.7 Å². The van der Waals surface area contributed by atoms with Crippen LogP contribution in [0.15, 0.2) is 55.1 Å². The highest BCUT2D eigenvalue weighted by atomic mass is 35.5. The first-order chi connectivity index (χ1) is 15.0. The second-order valence-corrected chi connectivity index (χ2v) is 7.18. The molecular weight excluding hydrogens is 418 g/mol. The van der Waals surface area contributed by atoms with Crippen LogP contribution in [0.1, 0.15) is 5.56 Å². The number of anilines is 2. The van der Waals surface area contributed by atoms with Crippen LogP contribution >= 0.6 is 11.6 Å². The van der Waals surface area contributed by atoms with Crippen molar-refractivity contribution < 1.29 is 19.1 Å². The van der Waals surface area contributed by atoms with Crippen molar-refractivity contribution in [1.82, 2.24) is 5.32 Å². The topological polar surface area (TPSA) is 79.9 Å². The zero-order valence-electron chi connectivity index (χ0n) is 17.2. The van der Waals surface area contributed by atoms with E-state index < -0.39 is 0 Å². The lowest BCUT2D eigenvalue weighted by Gasteiger charge is -2.29. The molecule has 0 atom stereocenters. The average Bonchev–Trinajstić information content (AvgIpc) is 2.76. The van der Waals surface area contributed by atoms with E-state index in [9.17, 15) is 9.59 Å². The average molecular weight is 442 g/mol. The highest BCUT2D eigenvalue weighted by Crippen LogP contribution is 2.30. The van der Waals surface area contributed by atoms with Crippen molar-refractivity contribution in [2.45, 2.75) is 0 Å². The number of halogens is 1. The molecule has 31 heavy (non-hydrogen) atoms. The number of rotatable bonds is 8. The number of methoxy groups -OCH3 is 1. The van der Waals surface area contributed by atoms with E-state index in [0.717, 1.165) is 11.3 Å². The molecular formula is C23H24ClN3O4. The number of carbonyl (C=O) groups excluding carboxylic acids is 2. The lowest BCUT2D eigenvalue weighted by molar-refractivity contribution is -0.120. The van der Waals surface area contributed by atoms with Crippen LogP contribution in [0, 0.1) is 0 Å². The number of amides is 2. The monoisotopic (exact) mass is 441 g/mol. The summed E-state index contributed by atoms with van der Waals surface area (Å²) in [6.45, 7) is 5.51. The Morgan fingerprint density at radius 1 is 1.29 bits per heavy atom. The molecule has 1 heterocycles. The summed E-state index contributed by atoms with van der Waals surface area (Å²) in [7, 11) is 1.56. The number of ether oxygens (including phenoxy) is 2. The van der Waals surface area contributed by atoms with Crippen LogP contribution in [0.5, 0.6) is 11.5 Å². The molecule has 1 fully saturated rings. The van der Waals surface area contributed by atoms with Gasteiger partial charge in [-0.2, -0.15) is 0 Å². The van der Waals surface area contributed by atoms with E-state index in [-0.39, 0.29) is 18.4 Å². The lowest BCUT2D eigenvalue weighted by Crippen LogP contribution is -2.47. The third-order valence-electron chi connectivity index (χ3n) is 4.57. The molecule has 0 aliphatic carbocycles. The normalized spacial score (nSPS) is 13.6. The molecule has 2 N–H and O–H groups in total. The van der Waals surface area contributed by atoms with Crippen molar-refractivity contribution >= 4 is 40.9 Å². The van der Waals surface area contributed by atoms with Crippen molar-refractivity contribution in [3.63, 3.8) is 0 Å². The first kappa shape index (κ1) is 22.2. The Morgan fingerprint density at radius 2 is 2.13 bits per heavy atom. The molecule has 2 aromatic carbocycles. The zero-order valence-corrected chi connectivity index (χ0v) is 17.9. The molecule has 162 valence electrons. The van der Waals surface area contributed by atoms with Gasteiger partial charge >= 0.3 is 0 Å². The Balaban J connectivity index is 1.64. The highest BCUT2D eigenvalue weighted by molar-refractivity contribution is 6.33. The number of hydrogen-bond donors (Lipinski definition) is 2. The summed E-state index contributed by atoms with van der Waals surface area (Å²) in [6.07, 6.45) is 4.76. The molecule has 0 aromatic heterocycles. The number of nitrogens with zero attached hydrogens (tertiary/aromatic N) is 1. The van der Waals surface area contributed by atoms with Crippen LogP contribution in [-0.2, 0) is 9.59 Å². The molecule has 0 unspecified atom stereocenters. The molecule has 0 radical (unpaired) electrons. The van der Waals surface area contributed by atoms with E-state index >= 15 is 0 Å². The fourth-order valence-corrected chi connectivity index (χ4v) is 3.40. The number of hydrogen-bond acceptors (Lipinski definition) is 5. The largest absolute Gasteiger partial charge is 0.493 e. The van der Waals surface area contributed by atoms with E-state index in [1.807, 2.05) is 11.0 Å². The maximum atomic E-state index is 12.3. The van der Waals surface area contributed by atoms with Crippen LogP contribution in [-0.4, -0.2) is 45.2 Å². The Bertz CT molecular complexity index is 1010. The summed E-state index contributed by atoms with van der Waals surface area (Å²) in [4.78, 5) is 25.8. The predicted molar refractivity (Wildman–Crippen MR) is 123 cm³/mol. The minimum atomic E-state index is -0.299. The van der Waals surface area contributed by atoms with Crippen LogP contribution in [0.25, 0.3) is 6.08 Å². The minimum absolute atomic E-state index is 0.0400. The van der Waals surface area contributed by atoms with Crippen molar-refractivity contribution in [1.29, 1.82) is 0 Å². The second kappa shape index (κ2) is 10.5. The predicted octanol–water partition coefficient (Wildman–Crippen LogP) is 3.50. The maximum Gasteiger partial charge on any atom is 0.248 e. The summed E-state index contributed by atoms with van der Waals surface area (Å²) in [5.41, 5.74) is 2.11. The molecule has 2 amide bonds. The third kappa shape index (κ3) is 6.02. The second-order valence-electron chi connectivity index (χ2n) is 6.77. The van der Waals surface area contributed by atoms with Crippen LogP contribution in [0.2, 0.25) is 5.02 Å². The Morgan fingerprint density at radius 3 is 2.84 bits per heavy atom. The summed E-state index contributed by atoms with van der Waals surface area (Å²) >= 11 is 6.38. The van der Waals surface area contributed by atoms with Gasteiger partial charge in [0.2, 0.25) is 11.8 Å². The summed E-state index contributed by atoms with van der Waals surface area (Å²) < 4.78 is 10.9. The minimum Gasteiger partial charge on any atom is -0.493 e. The number of carbonyl (C=O) groups is 2.